The summed E-state index contributed by atoms with van der Waals surface area (Å²) < 4.78 is 19.1. The van der Waals surface area contributed by atoms with Crippen LogP contribution in [0.15, 0.2) is 22.2 Å². The minimum absolute atomic E-state index is 0.0405. The standard InChI is InChI=1S/C24H32IN5O6S/c1-13(2)29(23(33)36-24(4,5)6)8-7-9-30-21(27-14(3)31)19(20(26)32)28-22(30)37-18-11-17-16(10-15(18)25)34-12-35-17/h10-11,13H,7-9,12H2,1-6H3,(H2,26,32)(H,27,31). The van der Waals surface area contributed by atoms with Crippen LogP contribution < -0.4 is 20.5 Å². The van der Waals surface area contributed by atoms with Crippen LogP contribution >= 0.6 is 34.4 Å². The normalized spacial score (nSPS) is 12.5. The van der Waals surface area contributed by atoms with Gasteiger partial charge in [-0.25, -0.2) is 9.78 Å². The molecular formula is C24H32IN5O6S. The van der Waals surface area contributed by atoms with E-state index in [-0.39, 0.29) is 30.3 Å². The molecule has 2 aromatic rings. The fourth-order valence-electron chi connectivity index (χ4n) is 3.54. The summed E-state index contributed by atoms with van der Waals surface area (Å²) in [6, 6.07) is 3.63. The van der Waals surface area contributed by atoms with Crippen LogP contribution in [0.25, 0.3) is 0 Å². The molecule has 0 saturated heterocycles. The minimum atomic E-state index is -0.762. The lowest BCUT2D eigenvalue weighted by Crippen LogP contribution is -2.41. The molecule has 202 valence electrons. The predicted octanol–water partition coefficient (Wildman–Crippen LogP) is 4.46. The van der Waals surface area contributed by atoms with Gasteiger partial charge in [-0.05, 0) is 75.8 Å². The van der Waals surface area contributed by atoms with Crippen molar-refractivity contribution in [3.8, 4) is 11.5 Å². The Bertz CT molecular complexity index is 1190. The number of aromatic nitrogens is 2. The molecule has 0 radical (unpaired) electrons. The Kier molecular flexibility index (Phi) is 9.21. The highest BCUT2D eigenvalue weighted by Crippen LogP contribution is 2.41. The highest BCUT2D eigenvalue weighted by Gasteiger charge is 2.27. The SMILES string of the molecule is CC(=O)Nc1c(C(N)=O)nc(Sc2cc3c(cc2I)OCO3)n1CCCN(C(=O)OC(C)(C)C)C(C)C. The molecule has 2 heterocycles. The van der Waals surface area contributed by atoms with Crippen LogP contribution in [0.4, 0.5) is 10.6 Å². The maximum Gasteiger partial charge on any atom is 0.410 e. The number of carbonyl (C=O) groups is 3. The summed E-state index contributed by atoms with van der Waals surface area (Å²) in [6.45, 7) is 11.5. The Hall–Kier alpha value is -2.68. The molecule has 3 N–H and O–H groups in total. The summed E-state index contributed by atoms with van der Waals surface area (Å²) in [5, 5.41) is 3.16. The van der Waals surface area contributed by atoms with Crippen molar-refractivity contribution in [1.82, 2.24) is 14.5 Å². The van der Waals surface area contributed by atoms with Gasteiger partial charge in [-0.1, -0.05) is 11.8 Å². The molecule has 0 unspecified atom stereocenters. The molecule has 1 aromatic heterocycles. The number of nitrogens with one attached hydrogen (secondary N) is 1. The molecule has 0 bridgehead atoms. The van der Waals surface area contributed by atoms with Crippen molar-refractivity contribution in [1.29, 1.82) is 0 Å². The van der Waals surface area contributed by atoms with Gasteiger partial charge >= 0.3 is 6.09 Å². The van der Waals surface area contributed by atoms with E-state index in [0.29, 0.717) is 36.2 Å². The number of anilines is 1. The third-order valence-corrected chi connectivity index (χ3v) is 7.43. The Morgan fingerprint density at radius 2 is 1.92 bits per heavy atom. The van der Waals surface area contributed by atoms with Crippen molar-refractivity contribution in [2.45, 2.75) is 76.2 Å². The van der Waals surface area contributed by atoms with E-state index < -0.39 is 17.6 Å². The molecule has 1 aliphatic heterocycles. The third kappa shape index (κ3) is 7.43. The summed E-state index contributed by atoms with van der Waals surface area (Å²) in [4.78, 5) is 43.9. The zero-order valence-electron chi connectivity index (χ0n) is 21.7. The van der Waals surface area contributed by atoms with Crippen LogP contribution in [0.3, 0.4) is 0 Å². The zero-order valence-corrected chi connectivity index (χ0v) is 24.7. The third-order valence-electron chi connectivity index (χ3n) is 5.12. The quantitative estimate of drug-likeness (QED) is 0.382. The number of nitrogens with zero attached hydrogens (tertiary/aromatic N) is 3. The van der Waals surface area contributed by atoms with E-state index in [0.717, 1.165) is 8.47 Å². The fourth-order valence-corrected chi connectivity index (χ4v) is 5.26. The number of hydrogen-bond acceptors (Lipinski definition) is 8. The number of primary amides is 1. The molecule has 3 amide bonds. The number of fused-ring (bicyclic) bond motifs is 1. The zero-order chi connectivity index (χ0) is 27.5. The molecule has 37 heavy (non-hydrogen) atoms. The first-order valence-corrected chi connectivity index (χ1v) is 13.6. The largest absolute Gasteiger partial charge is 0.454 e. The Morgan fingerprint density at radius 1 is 1.27 bits per heavy atom. The monoisotopic (exact) mass is 645 g/mol. The second-order valence-corrected chi connectivity index (χ2v) is 11.8. The predicted molar refractivity (Wildman–Crippen MR) is 147 cm³/mol. The number of ether oxygens (including phenoxy) is 3. The lowest BCUT2D eigenvalue weighted by Gasteiger charge is -2.30. The van der Waals surface area contributed by atoms with Gasteiger partial charge in [0.05, 0.1) is 0 Å². The van der Waals surface area contributed by atoms with Gasteiger partial charge in [-0.2, -0.15) is 0 Å². The number of halogens is 1. The smallest absolute Gasteiger partial charge is 0.410 e. The summed E-state index contributed by atoms with van der Waals surface area (Å²) >= 11 is 3.50. The lowest BCUT2D eigenvalue weighted by atomic mass is 10.2. The van der Waals surface area contributed by atoms with E-state index in [1.165, 1.54) is 18.7 Å². The number of hydrogen-bond donors (Lipinski definition) is 2. The topological polar surface area (TPSA) is 138 Å². The molecule has 0 spiro atoms. The fraction of sp³-hybridized carbons (Fsp3) is 0.500. The molecule has 13 heteroatoms. The van der Waals surface area contributed by atoms with Gasteiger partial charge in [0.15, 0.2) is 22.3 Å². The maximum atomic E-state index is 12.7. The number of benzene rings is 1. The summed E-state index contributed by atoms with van der Waals surface area (Å²) in [5.74, 6) is 0.359. The minimum Gasteiger partial charge on any atom is -0.454 e. The Balaban J connectivity index is 1.91. The van der Waals surface area contributed by atoms with Gasteiger partial charge in [0, 0.05) is 34.5 Å². The first-order chi connectivity index (χ1) is 17.3. The molecule has 0 saturated carbocycles. The van der Waals surface area contributed by atoms with Crippen molar-refractivity contribution >= 4 is 58.1 Å². The highest BCUT2D eigenvalue weighted by atomic mass is 127. The lowest BCUT2D eigenvalue weighted by molar-refractivity contribution is -0.114. The van der Waals surface area contributed by atoms with Crippen LogP contribution in [-0.2, 0) is 16.1 Å². The van der Waals surface area contributed by atoms with Gasteiger partial charge in [-0.3, -0.25) is 9.59 Å². The Morgan fingerprint density at radius 3 is 2.49 bits per heavy atom. The van der Waals surface area contributed by atoms with Gasteiger partial charge in [0.25, 0.3) is 5.91 Å². The Labute approximate surface area is 233 Å². The van der Waals surface area contributed by atoms with E-state index >= 15 is 0 Å². The molecule has 1 aromatic carbocycles. The van der Waals surface area contributed by atoms with Crippen LogP contribution in [0, 0.1) is 3.57 Å². The van der Waals surface area contributed by atoms with Gasteiger partial charge in [0.1, 0.15) is 11.4 Å². The van der Waals surface area contributed by atoms with Crippen molar-refractivity contribution in [2.75, 3.05) is 18.7 Å². The average Bonchev–Trinajstić information content (AvgIpc) is 3.34. The summed E-state index contributed by atoms with van der Waals surface area (Å²) in [5.41, 5.74) is 4.95. The molecule has 0 fully saturated rings. The molecular weight excluding hydrogens is 613 g/mol. The molecule has 0 aliphatic carbocycles. The molecule has 3 rings (SSSR count). The average molecular weight is 646 g/mol. The van der Waals surface area contributed by atoms with Crippen LogP contribution in [0.1, 0.15) is 58.5 Å². The molecule has 11 nitrogen and oxygen atoms in total. The van der Waals surface area contributed by atoms with E-state index in [2.05, 4.69) is 32.9 Å². The number of imidazole rings is 1. The highest BCUT2D eigenvalue weighted by molar-refractivity contribution is 14.1. The maximum absolute atomic E-state index is 12.7. The second kappa shape index (κ2) is 11.8. The molecule has 1 aliphatic rings. The van der Waals surface area contributed by atoms with E-state index in [1.807, 2.05) is 46.8 Å². The van der Waals surface area contributed by atoms with Gasteiger partial charge < -0.3 is 34.7 Å². The number of carbonyl (C=O) groups excluding carboxylic acids is 3. The first-order valence-electron chi connectivity index (χ1n) is 11.7. The van der Waals surface area contributed by atoms with Crippen molar-refractivity contribution < 1.29 is 28.6 Å². The number of amides is 3. The van der Waals surface area contributed by atoms with Gasteiger partial charge in [0.2, 0.25) is 12.7 Å². The number of nitrogens with two attached hydrogens (primary N) is 1. The van der Waals surface area contributed by atoms with Crippen LogP contribution in [-0.4, -0.2) is 57.3 Å². The summed E-state index contributed by atoms with van der Waals surface area (Å²) in [7, 11) is 0. The van der Waals surface area contributed by atoms with E-state index in [9.17, 15) is 14.4 Å². The van der Waals surface area contributed by atoms with Crippen molar-refractivity contribution in [2.24, 2.45) is 5.73 Å². The van der Waals surface area contributed by atoms with Crippen molar-refractivity contribution in [3.63, 3.8) is 0 Å². The second-order valence-electron chi connectivity index (χ2n) is 9.65. The van der Waals surface area contributed by atoms with E-state index in [1.54, 1.807) is 9.47 Å². The van der Waals surface area contributed by atoms with E-state index in [4.69, 9.17) is 19.9 Å². The van der Waals surface area contributed by atoms with Crippen LogP contribution in [0.5, 0.6) is 11.5 Å². The van der Waals surface area contributed by atoms with Crippen LogP contribution in [0.2, 0.25) is 0 Å². The first kappa shape index (κ1) is 28.9. The van der Waals surface area contributed by atoms with Gasteiger partial charge in [-0.15, -0.1) is 0 Å². The summed E-state index contributed by atoms with van der Waals surface area (Å²) in [6.07, 6.45) is 0.0993. The molecule has 0 atom stereocenters. The number of rotatable bonds is 9. The van der Waals surface area contributed by atoms with Crippen molar-refractivity contribution in [3.05, 3.63) is 21.4 Å².